The molecule has 7 heteroatoms. The summed E-state index contributed by atoms with van der Waals surface area (Å²) in [6.45, 7) is 2.05. The Morgan fingerprint density at radius 1 is 1.44 bits per heavy atom. The molecule has 0 saturated carbocycles. The second kappa shape index (κ2) is 4.09. The fourth-order valence-corrected chi connectivity index (χ4v) is 2.28. The van der Waals surface area contributed by atoms with Crippen molar-refractivity contribution in [2.24, 2.45) is 0 Å². The number of nitrogen functional groups attached to an aromatic ring is 1. The molecule has 3 heterocycles. The summed E-state index contributed by atoms with van der Waals surface area (Å²) in [5.41, 5.74) is 7.00. The predicted molar refractivity (Wildman–Crippen MR) is 65.1 cm³/mol. The minimum absolute atomic E-state index is 0.103. The van der Waals surface area contributed by atoms with Gasteiger partial charge in [-0.05, 0) is 19.8 Å². The summed E-state index contributed by atoms with van der Waals surface area (Å²) < 4.78 is 13.0. The fourth-order valence-electron chi connectivity index (χ4n) is 2.28. The lowest BCUT2D eigenvalue weighted by atomic mass is 10.2. The van der Waals surface area contributed by atoms with E-state index in [1.807, 2.05) is 4.57 Å². The van der Waals surface area contributed by atoms with Gasteiger partial charge < -0.3 is 15.2 Å². The number of hydrogen-bond acceptors (Lipinski definition) is 6. The Kier molecular flexibility index (Phi) is 2.55. The maximum Gasteiger partial charge on any atom is 0.300 e. The van der Waals surface area contributed by atoms with Crippen LogP contribution >= 0.6 is 0 Å². The quantitative estimate of drug-likeness (QED) is 0.857. The van der Waals surface area contributed by atoms with E-state index in [1.165, 1.54) is 6.33 Å². The van der Waals surface area contributed by atoms with Crippen molar-refractivity contribution in [2.45, 2.75) is 32.1 Å². The number of anilines is 1. The Labute approximate surface area is 104 Å². The van der Waals surface area contributed by atoms with Crippen LogP contribution in [0.25, 0.3) is 11.2 Å². The summed E-state index contributed by atoms with van der Waals surface area (Å²) in [5, 5.41) is 0. The summed E-state index contributed by atoms with van der Waals surface area (Å²) in [4.78, 5) is 12.5. The SMILES string of the molecule is COc1nc2c(N)ncnc2n1C1CC[C@@H](C)O1. The number of ether oxygens (including phenoxy) is 2. The van der Waals surface area contributed by atoms with Gasteiger partial charge in [0.15, 0.2) is 17.0 Å². The van der Waals surface area contributed by atoms with Gasteiger partial charge in [0.05, 0.1) is 13.2 Å². The van der Waals surface area contributed by atoms with Crippen molar-refractivity contribution in [3.05, 3.63) is 6.33 Å². The molecule has 2 aromatic rings. The van der Waals surface area contributed by atoms with E-state index in [2.05, 4.69) is 21.9 Å². The van der Waals surface area contributed by atoms with Crippen LogP contribution in [0.1, 0.15) is 26.0 Å². The molecular formula is C11H15N5O2. The molecule has 0 amide bonds. The lowest BCUT2D eigenvalue weighted by Gasteiger charge is -2.15. The number of nitrogens with two attached hydrogens (primary N) is 1. The normalized spacial score (nSPS) is 23.7. The smallest absolute Gasteiger partial charge is 0.300 e. The second-order valence-corrected chi connectivity index (χ2v) is 4.38. The standard InChI is InChI=1S/C11H15N5O2/c1-6-3-4-7(18-6)16-10-8(15-11(16)17-2)9(12)13-5-14-10/h5-7H,3-4H2,1-2H3,(H2,12,13,14)/t6-,7?/m1/s1. The molecule has 1 fully saturated rings. The first-order valence-electron chi connectivity index (χ1n) is 5.88. The minimum Gasteiger partial charge on any atom is -0.468 e. The Morgan fingerprint density at radius 2 is 2.28 bits per heavy atom. The highest BCUT2D eigenvalue weighted by molar-refractivity contribution is 5.82. The molecule has 1 aliphatic rings. The molecule has 1 aliphatic heterocycles. The maximum atomic E-state index is 5.84. The number of rotatable bonds is 2. The summed E-state index contributed by atoms with van der Waals surface area (Å²) in [5.74, 6) is 0.350. The molecule has 96 valence electrons. The predicted octanol–water partition coefficient (Wildman–Crippen LogP) is 1.11. The van der Waals surface area contributed by atoms with Gasteiger partial charge in [0.1, 0.15) is 12.6 Å². The average Bonchev–Trinajstić information content (AvgIpc) is 2.93. The molecule has 1 saturated heterocycles. The van der Waals surface area contributed by atoms with Gasteiger partial charge in [0.2, 0.25) is 0 Å². The maximum absolute atomic E-state index is 5.84. The Bertz CT molecular complexity index is 582. The number of imidazole rings is 1. The Hall–Kier alpha value is -1.89. The van der Waals surface area contributed by atoms with Crippen molar-refractivity contribution in [3.63, 3.8) is 0 Å². The summed E-state index contributed by atoms with van der Waals surface area (Å²) in [7, 11) is 1.57. The van der Waals surface area contributed by atoms with E-state index in [4.69, 9.17) is 15.2 Å². The molecule has 1 unspecified atom stereocenters. The highest BCUT2D eigenvalue weighted by atomic mass is 16.5. The van der Waals surface area contributed by atoms with Crippen molar-refractivity contribution >= 4 is 17.0 Å². The molecule has 0 radical (unpaired) electrons. The zero-order valence-electron chi connectivity index (χ0n) is 10.3. The third kappa shape index (κ3) is 1.59. The first kappa shape index (κ1) is 11.2. The van der Waals surface area contributed by atoms with Gasteiger partial charge in [-0.1, -0.05) is 0 Å². The monoisotopic (exact) mass is 249 g/mol. The van der Waals surface area contributed by atoms with Crippen molar-refractivity contribution in [3.8, 4) is 6.01 Å². The van der Waals surface area contributed by atoms with E-state index in [1.54, 1.807) is 7.11 Å². The zero-order valence-corrected chi connectivity index (χ0v) is 10.3. The Morgan fingerprint density at radius 3 is 2.94 bits per heavy atom. The van der Waals surface area contributed by atoms with Crippen molar-refractivity contribution in [1.29, 1.82) is 0 Å². The van der Waals surface area contributed by atoms with Gasteiger partial charge in [0.25, 0.3) is 0 Å². The van der Waals surface area contributed by atoms with Crippen LogP contribution in [0.5, 0.6) is 6.01 Å². The molecule has 2 N–H and O–H groups in total. The number of fused-ring (bicyclic) bond motifs is 1. The summed E-state index contributed by atoms with van der Waals surface area (Å²) >= 11 is 0. The van der Waals surface area contributed by atoms with Gasteiger partial charge in [-0.15, -0.1) is 0 Å². The lowest BCUT2D eigenvalue weighted by Crippen LogP contribution is -2.11. The van der Waals surface area contributed by atoms with E-state index < -0.39 is 0 Å². The first-order valence-corrected chi connectivity index (χ1v) is 5.88. The lowest BCUT2D eigenvalue weighted by molar-refractivity contribution is 0.00893. The van der Waals surface area contributed by atoms with E-state index in [0.717, 1.165) is 12.8 Å². The van der Waals surface area contributed by atoms with E-state index in [-0.39, 0.29) is 12.3 Å². The molecule has 3 rings (SSSR count). The molecule has 0 aromatic carbocycles. The number of aromatic nitrogens is 4. The third-order valence-corrected chi connectivity index (χ3v) is 3.15. The Balaban J connectivity index is 2.17. The first-order chi connectivity index (χ1) is 8.70. The van der Waals surface area contributed by atoms with Crippen molar-refractivity contribution in [2.75, 3.05) is 12.8 Å². The molecule has 0 spiro atoms. The van der Waals surface area contributed by atoms with E-state index in [9.17, 15) is 0 Å². The van der Waals surface area contributed by atoms with Crippen LogP contribution < -0.4 is 10.5 Å². The van der Waals surface area contributed by atoms with Crippen LogP contribution in [-0.4, -0.2) is 32.7 Å². The van der Waals surface area contributed by atoms with Crippen LogP contribution in [0.4, 0.5) is 5.82 Å². The van der Waals surface area contributed by atoms with Crippen LogP contribution in [-0.2, 0) is 4.74 Å². The van der Waals surface area contributed by atoms with Gasteiger partial charge in [0, 0.05) is 0 Å². The number of methoxy groups -OCH3 is 1. The van der Waals surface area contributed by atoms with Gasteiger partial charge >= 0.3 is 6.01 Å². The number of hydrogen-bond donors (Lipinski definition) is 1. The van der Waals surface area contributed by atoms with Gasteiger partial charge in [-0.3, -0.25) is 4.57 Å². The van der Waals surface area contributed by atoms with Gasteiger partial charge in [-0.25, -0.2) is 9.97 Å². The topological polar surface area (TPSA) is 88.1 Å². The zero-order chi connectivity index (χ0) is 12.7. The van der Waals surface area contributed by atoms with E-state index in [0.29, 0.717) is 23.0 Å². The number of nitrogens with zero attached hydrogens (tertiary/aromatic N) is 4. The molecule has 0 bridgehead atoms. The van der Waals surface area contributed by atoms with E-state index >= 15 is 0 Å². The molecule has 2 aromatic heterocycles. The van der Waals surface area contributed by atoms with Crippen molar-refractivity contribution < 1.29 is 9.47 Å². The largest absolute Gasteiger partial charge is 0.468 e. The average molecular weight is 249 g/mol. The van der Waals surface area contributed by atoms with Crippen LogP contribution in [0.15, 0.2) is 6.33 Å². The molecular weight excluding hydrogens is 234 g/mol. The van der Waals surface area contributed by atoms with Crippen molar-refractivity contribution in [1.82, 2.24) is 19.5 Å². The molecule has 7 nitrogen and oxygen atoms in total. The summed E-state index contributed by atoms with van der Waals surface area (Å²) in [6.07, 6.45) is 3.47. The second-order valence-electron chi connectivity index (χ2n) is 4.38. The highest BCUT2D eigenvalue weighted by Crippen LogP contribution is 2.34. The molecule has 0 aliphatic carbocycles. The third-order valence-electron chi connectivity index (χ3n) is 3.15. The summed E-state index contributed by atoms with van der Waals surface area (Å²) in [6, 6.07) is 0.455. The fraction of sp³-hybridized carbons (Fsp3) is 0.545. The van der Waals surface area contributed by atoms with Crippen LogP contribution in [0.2, 0.25) is 0 Å². The van der Waals surface area contributed by atoms with Crippen LogP contribution in [0, 0.1) is 0 Å². The van der Waals surface area contributed by atoms with Gasteiger partial charge in [-0.2, -0.15) is 4.98 Å². The van der Waals surface area contributed by atoms with Crippen LogP contribution in [0.3, 0.4) is 0 Å². The molecule has 18 heavy (non-hydrogen) atoms. The molecule has 2 atom stereocenters. The minimum atomic E-state index is -0.103. The highest BCUT2D eigenvalue weighted by Gasteiger charge is 2.28.